The van der Waals surface area contributed by atoms with Crippen molar-refractivity contribution in [2.75, 3.05) is 6.61 Å². The van der Waals surface area contributed by atoms with Crippen molar-refractivity contribution >= 4 is 15.9 Å². The van der Waals surface area contributed by atoms with Gasteiger partial charge in [0.25, 0.3) is 0 Å². The molecule has 0 aromatic carbocycles. The molecular weight excluding hydrogens is 216 g/mol. The SMILES string of the molecule is CCOC1CC(Br)C12CCCC2. The van der Waals surface area contributed by atoms with Crippen LogP contribution in [0.25, 0.3) is 0 Å². The molecule has 0 amide bonds. The fourth-order valence-electron chi connectivity index (χ4n) is 2.80. The molecule has 2 aliphatic carbocycles. The van der Waals surface area contributed by atoms with Crippen molar-refractivity contribution in [2.45, 2.75) is 50.0 Å². The Hall–Kier alpha value is 0.440. The Morgan fingerprint density at radius 3 is 2.58 bits per heavy atom. The van der Waals surface area contributed by atoms with Gasteiger partial charge in [-0.25, -0.2) is 0 Å². The normalized spacial score (nSPS) is 38.5. The Kier molecular flexibility index (Phi) is 2.48. The van der Waals surface area contributed by atoms with E-state index in [2.05, 4.69) is 22.9 Å². The highest BCUT2D eigenvalue weighted by molar-refractivity contribution is 9.09. The van der Waals surface area contributed by atoms with Gasteiger partial charge in [-0.2, -0.15) is 0 Å². The van der Waals surface area contributed by atoms with E-state index in [4.69, 9.17) is 4.74 Å². The summed E-state index contributed by atoms with van der Waals surface area (Å²) in [6.45, 7) is 2.98. The fourth-order valence-corrected chi connectivity index (χ4v) is 3.89. The van der Waals surface area contributed by atoms with E-state index in [0.29, 0.717) is 11.5 Å². The maximum Gasteiger partial charge on any atom is 0.0652 e. The second kappa shape index (κ2) is 3.30. The lowest BCUT2D eigenvalue weighted by Crippen LogP contribution is -2.53. The summed E-state index contributed by atoms with van der Waals surface area (Å²) in [6, 6.07) is 0. The number of ether oxygens (including phenoxy) is 1. The van der Waals surface area contributed by atoms with Crippen LogP contribution in [0.15, 0.2) is 0 Å². The molecule has 12 heavy (non-hydrogen) atoms. The van der Waals surface area contributed by atoms with E-state index in [1.807, 2.05) is 0 Å². The second-order valence-corrected chi connectivity index (χ2v) is 5.19. The monoisotopic (exact) mass is 232 g/mol. The average molecular weight is 233 g/mol. The first-order chi connectivity index (χ1) is 5.79. The van der Waals surface area contributed by atoms with Crippen LogP contribution in [0, 0.1) is 5.41 Å². The summed E-state index contributed by atoms with van der Waals surface area (Å²) >= 11 is 3.77. The average Bonchev–Trinajstić information content (AvgIpc) is 2.55. The van der Waals surface area contributed by atoms with Crippen LogP contribution in [0.4, 0.5) is 0 Å². The molecule has 0 bridgehead atoms. The van der Waals surface area contributed by atoms with Crippen LogP contribution in [-0.2, 0) is 4.74 Å². The Labute approximate surface area is 83.0 Å². The molecule has 0 saturated heterocycles. The molecule has 0 radical (unpaired) electrons. The van der Waals surface area contributed by atoms with Gasteiger partial charge in [-0.1, -0.05) is 28.8 Å². The molecule has 0 aromatic heterocycles. The van der Waals surface area contributed by atoms with Gasteiger partial charge in [0.1, 0.15) is 0 Å². The smallest absolute Gasteiger partial charge is 0.0652 e. The molecule has 2 rings (SSSR count). The minimum absolute atomic E-state index is 0.538. The summed E-state index contributed by atoms with van der Waals surface area (Å²) in [5.74, 6) is 0. The minimum atomic E-state index is 0.538. The third kappa shape index (κ3) is 1.15. The molecule has 2 heteroatoms. The van der Waals surface area contributed by atoms with Gasteiger partial charge in [-0.05, 0) is 26.2 Å². The van der Waals surface area contributed by atoms with Crippen molar-refractivity contribution in [3.05, 3.63) is 0 Å². The molecule has 2 atom stereocenters. The molecule has 2 saturated carbocycles. The van der Waals surface area contributed by atoms with Gasteiger partial charge in [0.2, 0.25) is 0 Å². The van der Waals surface area contributed by atoms with Gasteiger partial charge >= 0.3 is 0 Å². The highest BCUT2D eigenvalue weighted by Crippen LogP contribution is 2.57. The summed E-state index contributed by atoms with van der Waals surface area (Å²) in [5, 5.41) is 0. The van der Waals surface area contributed by atoms with Crippen molar-refractivity contribution in [1.29, 1.82) is 0 Å². The Morgan fingerprint density at radius 1 is 1.42 bits per heavy atom. The number of hydrogen-bond acceptors (Lipinski definition) is 1. The Bertz CT molecular complexity index is 161. The summed E-state index contributed by atoms with van der Waals surface area (Å²) in [4.78, 5) is 0.740. The van der Waals surface area contributed by atoms with Crippen LogP contribution in [0.3, 0.4) is 0 Å². The van der Waals surface area contributed by atoms with Crippen molar-refractivity contribution in [2.24, 2.45) is 5.41 Å². The number of hydrogen-bond donors (Lipinski definition) is 0. The van der Waals surface area contributed by atoms with E-state index >= 15 is 0 Å². The summed E-state index contributed by atoms with van der Waals surface area (Å²) < 4.78 is 5.76. The summed E-state index contributed by atoms with van der Waals surface area (Å²) in [6.07, 6.45) is 7.38. The van der Waals surface area contributed by atoms with Crippen LogP contribution in [0.2, 0.25) is 0 Å². The van der Waals surface area contributed by atoms with Gasteiger partial charge in [0.15, 0.2) is 0 Å². The first-order valence-electron chi connectivity index (χ1n) is 5.05. The quantitative estimate of drug-likeness (QED) is 0.666. The van der Waals surface area contributed by atoms with Gasteiger partial charge in [0, 0.05) is 16.8 Å². The zero-order valence-corrected chi connectivity index (χ0v) is 9.27. The van der Waals surface area contributed by atoms with E-state index in [-0.39, 0.29) is 0 Å². The van der Waals surface area contributed by atoms with Crippen molar-refractivity contribution < 1.29 is 4.74 Å². The summed E-state index contributed by atoms with van der Waals surface area (Å²) in [5.41, 5.74) is 0.538. The van der Waals surface area contributed by atoms with E-state index in [0.717, 1.165) is 11.4 Å². The van der Waals surface area contributed by atoms with Crippen molar-refractivity contribution in [1.82, 2.24) is 0 Å². The maximum absolute atomic E-state index is 5.76. The molecule has 1 spiro atoms. The second-order valence-electron chi connectivity index (χ2n) is 4.09. The highest BCUT2D eigenvalue weighted by atomic mass is 79.9. The highest BCUT2D eigenvalue weighted by Gasteiger charge is 2.55. The first-order valence-corrected chi connectivity index (χ1v) is 5.97. The summed E-state index contributed by atoms with van der Waals surface area (Å²) in [7, 11) is 0. The molecule has 2 fully saturated rings. The largest absolute Gasteiger partial charge is 0.378 e. The predicted molar refractivity (Wildman–Crippen MR) is 53.6 cm³/mol. The third-order valence-corrected chi connectivity index (χ3v) is 4.87. The van der Waals surface area contributed by atoms with Crippen LogP contribution in [0.5, 0.6) is 0 Å². The van der Waals surface area contributed by atoms with Gasteiger partial charge in [-0.3, -0.25) is 0 Å². The number of alkyl halides is 1. The zero-order chi connectivity index (χ0) is 8.60. The van der Waals surface area contributed by atoms with Crippen molar-refractivity contribution in [3.8, 4) is 0 Å². The van der Waals surface area contributed by atoms with E-state index in [9.17, 15) is 0 Å². The topological polar surface area (TPSA) is 9.23 Å². The van der Waals surface area contributed by atoms with Gasteiger partial charge < -0.3 is 4.74 Å². The fraction of sp³-hybridized carbons (Fsp3) is 1.00. The van der Waals surface area contributed by atoms with Gasteiger partial charge in [0.05, 0.1) is 6.10 Å². The molecule has 2 unspecified atom stereocenters. The molecule has 0 aromatic rings. The molecule has 2 aliphatic rings. The number of halogens is 1. The molecule has 0 heterocycles. The van der Waals surface area contributed by atoms with E-state index < -0.39 is 0 Å². The first kappa shape index (κ1) is 9.01. The standard InChI is InChI=1S/C10H17BrO/c1-2-12-9-7-8(11)10(9)5-3-4-6-10/h8-9H,2-7H2,1H3. The number of rotatable bonds is 2. The lowest BCUT2D eigenvalue weighted by molar-refractivity contribution is -0.0963. The molecule has 70 valence electrons. The van der Waals surface area contributed by atoms with Crippen LogP contribution >= 0.6 is 15.9 Å². The molecule has 1 nitrogen and oxygen atoms in total. The maximum atomic E-state index is 5.76. The lowest BCUT2D eigenvalue weighted by atomic mass is 9.65. The molecule has 0 aliphatic heterocycles. The molecular formula is C10H17BrO. The minimum Gasteiger partial charge on any atom is -0.378 e. The van der Waals surface area contributed by atoms with Crippen LogP contribution in [-0.4, -0.2) is 17.5 Å². The van der Waals surface area contributed by atoms with Crippen LogP contribution < -0.4 is 0 Å². The van der Waals surface area contributed by atoms with E-state index in [1.165, 1.54) is 32.1 Å². The lowest BCUT2D eigenvalue weighted by Gasteiger charge is -2.51. The van der Waals surface area contributed by atoms with Crippen molar-refractivity contribution in [3.63, 3.8) is 0 Å². The van der Waals surface area contributed by atoms with E-state index in [1.54, 1.807) is 0 Å². The van der Waals surface area contributed by atoms with Crippen LogP contribution in [0.1, 0.15) is 39.0 Å². The van der Waals surface area contributed by atoms with Gasteiger partial charge in [-0.15, -0.1) is 0 Å². The predicted octanol–water partition coefficient (Wildman–Crippen LogP) is 3.12. The molecule has 0 N–H and O–H groups in total. The Balaban J connectivity index is 2.00. The third-order valence-electron chi connectivity index (χ3n) is 3.59. The zero-order valence-electron chi connectivity index (χ0n) is 7.68. The Morgan fingerprint density at radius 2 is 2.08 bits per heavy atom.